The van der Waals surface area contributed by atoms with Gasteiger partial charge in [0.05, 0.1) is 19.9 Å². The van der Waals surface area contributed by atoms with Crippen molar-refractivity contribution in [3.8, 4) is 22.8 Å². The van der Waals surface area contributed by atoms with Crippen LogP contribution in [0, 0.1) is 6.92 Å². The lowest BCUT2D eigenvalue weighted by Gasteiger charge is -2.08. The van der Waals surface area contributed by atoms with Crippen LogP contribution in [-0.4, -0.2) is 25.1 Å². The molecule has 21 heavy (non-hydrogen) atoms. The summed E-state index contributed by atoms with van der Waals surface area (Å²) in [5.41, 5.74) is 1.77. The number of anilines is 1. The molecule has 112 valence electrons. The van der Waals surface area contributed by atoms with Crippen LogP contribution in [0.1, 0.15) is 18.2 Å². The molecule has 2 rings (SSSR count). The van der Waals surface area contributed by atoms with E-state index in [9.17, 15) is 4.79 Å². The molecule has 0 atom stereocenters. The molecule has 0 saturated carbocycles. The molecule has 1 heterocycles. The number of nitrogens with one attached hydrogen (secondary N) is 1. The van der Waals surface area contributed by atoms with Crippen LogP contribution < -0.4 is 14.8 Å². The molecule has 1 N–H and O–H groups in total. The Hall–Kier alpha value is -2.08. The number of ether oxygens (including phenoxy) is 2. The van der Waals surface area contributed by atoms with E-state index >= 15 is 0 Å². The molecule has 0 saturated heterocycles. The largest absolute Gasteiger partial charge is 0.493 e. The molecule has 0 radical (unpaired) electrons. The molecule has 6 heteroatoms. The number of carbonyl (C=O) groups excluding carboxylic acids is 1. The van der Waals surface area contributed by atoms with E-state index in [1.54, 1.807) is 14.2 Å². The van der Waals surface area contributed by atoms with Gasteiger partial charge in [0.2, 0.25) is 5.91 Å². The van der Waals surface area contributed by atoms with Crippen LogP contribution in [0.5, 0.6) is 11.5 Å². The summed E-state index contributed by atoms with van der Waals surface area (Å²) in [6.07, 6.45) is 0.435. The average molecular weight is 306 g/mol. The van der Waals surface area contributed by atoms with Gasteiger partial charge in [-0.25, -0.2) is 4.98 Å². The van der Waals surface area contributed by atoms with Crippen molar-refractivity contribution in [1.82, 2.24) is 4.98 Å². The van der Waals surface area contributed by atoms with Crippen LogP contribution in [0.3, 0.4) is 0 Å². The zero-order valence-corrected chi connectivity index (χ0v) is 13.3. The number of hydrogen-bond acceptors (Lipinski definition) is 5. The predicted octanol–water partition coefficient (Wildman–Crippen LogP) is 3.48. The smallest absolute Gasteiger partial charge is 0.225 e. The monoisotopic (exact) mass is 306 g/mol. The number of nitrogens with zero attached hydrogens (tertiary/aromatic N) is 1. The van der Waals surface area contributed by atoms with Crippen molar-refractivity contribution in [3.63, 3.8) is 0 Å². The number of carbonyl (C=O) groups is 1. The molecule has 0 aliphatic rings. The van der Waals surface area contributed by atoms with Crippen LogP contribution in [0.25, 0.3) is 11.3 Å². The molecule has 5 nitrogen and oxygen atoms in total. The fourth-order valence-electron chi connectivity index (χ4n) is 1.91. The third-order valence-corrected chi connectivity index (χ3v) is 3.91. The highest BCUT2D eigenvalue weighted by Gasteiger charge is 2.13. The number of rotatable bonds is 5. The van der Waals surface area contributed by atoms with Crippen LogP contribution in [0.15, 0.2) is 18.2 Å². The second-order valence-corrected chi connectivity index (χ2v) is 5.60. The standard InChI is InChI=1S/C15H18N2O3S/c1-5-13(18)16-15-17-14(9(2)21-15)10-6-7-11(19-3)12(8-10)20-4/h6-8H,5H2,1-4H3,(H,16,17,18). The molecule has 0 bridgehead atoms. The van der Waals surface area contributed by atoms with Gasteiger partial charge in [-0.1, -0.05) is 6.92 Å². The van der Waals surface area contributed by atoms with Crippen LogP contribution in [0.4, 0.5) is 5.13 Å². The van der Waals surface area contributed by atoms with Crippen LogP contribution >= 0.6 is 11.3 Å². The summed E-state index contributed by atoms with van der Waals surface area (Å²) in [4.78, 5) is 17.0. The highest BCUT2D eigenvalue weighted by Crippen LogP contribution is 2.35. The molecule has 0 fully saturated rings. The van der Waals surface area contributed by atoms with Crippen molar-refractivity contribution in [1.29, 1.82) is 0 Å². The van der Waals surface area contributed by atoms with E-state index in [-0.39, 0.29) is 5.91 Å². The minimum absolute atomic E-state index is 0.0392. The summed E-state index contributed by atoms with van der Waals surface area (Å²) in [5, 5.41) is 3.40. The van der Waals surface area contributed by atoms with Gasteiger partial charge in [-0.2, -0.15) is 0 Å². The molecule has 0 aliphatic heterocycles. The molecule has 0 spiro atoms. The van der Waals surface area contributed by atoms with Gasteiger partial charge in [-0.3, -0.25) is 4.79 Å². The van der Waals surface area contributed by atoms with Crippen molar-refractivity contribution in [2.75, 3.05) is 19.5 Å². The number of amides is 1. The van der Waals surface area contributed by atoms with E-state index in [0.29, 0.717) is 23.1 Å². The van der Waals surface area contributed by atoms with Crippen molar-refractivity contribution in [3.05, 3.63) is 23.1 Å². The Morgan fingerprint density at radius 1 is 1.29 bits per heavy atom. The van der Waals surface area contributed by atoms with E-state index in [4.69, 9.17) is 9.47 Å². The summed E-state index contributed by atoms with van der Waals surface area (Å²) in [6.45, 7) is 3.79. The summed E-state index contributed by atoms with van der Waals surface area (Å²) in [5.74, 6) is 1.29. The molecule has 1 amide bonds. The van der Waals surface area contributed by atoms with E-state index in [0.717, 1.165) is 16.1 Å². The Morgan fingerprint density at radius 3 is 2.62 bits per heavy atom. The summed E-state index contributed by atoms with van der Waals surface area (Å²) in [6, 6.07) is 5.65. The topological polar surface area (TPSA) is 60.5 Å². The zero-order chi connectivity index (χ0) is 15.4. The Bertz CT molecular complexity index is 652. The lowest BCUT2D eigenvalue weighted by molar-refractivity contribution is -0.115. The number of hydrogen-bond donors (Lipinski definition) is 1. The van der Waals surface area contributed by atoms with Gasteiger partial charge in [-0.15, -0.1) is 11.3 Å². The second kappa shape index (κ2) is 6.58. The fourth-order valence-corrected chi connectivity index (χ4v) is 2.76. The SMILES string of the molecule is CCC(=O)Nc1nc(-c2ccc(OC)c(OC)c2)c(C)s1. The Balaban J connectivity index is 2.35. The highest BCUT2D eigenvalue weighted by atomic mass is 32.1. The number of methoxy groups -OCH3 is 2. The minimum Gasteiger partial charge on any atom is -0.493 e. The Labute approximate surface area is 127 Å². The lowest BCUT2D eigenvalue weighted by Crippen LogP contribution is -2.08. The first-order valence-electron chi connectivity index (χ1n) is 6.58. The lowest BCUT2D eigenvalue weighted by atomic mass is 10.1. The molecule has 1 aromatic heterocycles. The molecule has 0 unspecified atom stereocenters. The van der Waals surface area contributed by atoms with Crippen molar-refractivity contribution in [2.45, 2.75) is 20.3 Å². The third-order valence-electron chi connectivity index (χ3n) is 3.02. The van der Waals surface area contributed by atoms with E-state index in [2.05, 4.69) is 10.3 Å². The Morgan fingerprint density at radius 2 is 2.00 bits per heavy atom. The maximum atomic E-state index is 11.4. The fraction of sp³-hybridized carbons (Fsp3) is 0.333. The van der Waals surface area contributed by atoms with Gasteiger partial charge < -0.3 is 14.8 Å². The summed E-state index contributed by atoms with van der Waals surface area (Å²) in [7, 11) is 3.20. The zero-order valence-electron chi connectivity index (χ0n) is 12.5. The summed E-state index contributed by atoms with van der Waals surface area (Å²) < 4.78 is 10.5. The average Bonchev–Trinajstić information content (AvgIpc) is 2.86. The summed E-state index contributed by atoms with van der Waals surface area (Å²) >= 11 is 1.46. The van der Waals surface area contributed by atoms with Crippen molar-refractivity contribution >= 4 is 22.4 Å². The minimum atomic E-state index is -0.0392. The highest BCUT2D eigenvalue weighted by molar-refractivity contribution is 7.16. The van der Waals surface area contributed by atoms with Crippen LogP contribution in [0.2, 0.25) is 0 Å². The molecular formula is C15H18N2O3S. The maximum absolute atomic E-state index is 11.4. The van der Waals surface area contributed by atoms with E-state index in [1.165, 1.54) is 11.3 Å². The third kappa shape index (κ3) is 3.33. The maximum Gasteiger partial charge on any atom is 0.225 e. The quantitative estimate of drug-likeness (QED) is 0.918. The molecule has 0 aliphatic carbocycles. The van der Waals surface area contributed by atoms with Crippen molar-refractivity contribution in [2.24, 2.45) is 0 Å². The van der Waals surface area contributed by atoms with Gasteiger partial charge in [0.25, 0.3) is 0 Å². The molecule has 1 aromatic carbocycles. The normalized spacial score (nSPS) is 10.3. The Kier molecular flexibility index (Phi) is 4.80. The van der Waals surface area contributed by atoms with Gasteiger partial charge in [0, 0.05) is 16.9 Å². The van der Waals surface area contributed by atoms with Gasteiger partial charge in [0.15, 0.2) is 16.6 Å². The van der Waals surface area contributed by atoms with E-state index in [1.807, 2.05) is 32.0 Å². The van der Waals surface area contributed by atoms with Crippen LogP contribution in [-0.2, 0) is 4.79 Å². The predicted molar refractivity (Wildman–Crippen MR) is 84.3 cm³/mol. The molecular weight excluding hydrogens is 288 g/mol. The number of aryl methyl sites for hydroxylation is 1. The first-order chi connectivity index (χ1) is 10.1. The van der Waals surface area contributed by atoms with Gasteiger partial charge in [0.1, 0.15) is 0 Å². The number of benzene rings is 1. The van der Waals surface area contributed by atoms with Gasteiger partial charge in [-0.05, 0) is 25.1 Å². The second-order valence-electron chi connectivity index (χ2n) is 4.40. The number of thiazole rings is 1. The number of aromatic nitrogens is 1. The first kappa shape index (κ1) is 15.3. The molecule has 2 aromatic rings. The van der Waals surface area contributed by atoms with Gasteiger partial charge >= 0.3 is 0 Å². The van der Waals surface area contributed by atoms with E-state index < -0.39 is 0 Å². The first-order valence-corrected chi connectivity index (χ1v) is 7.40. The van der Waals surface area contributed by atoms with Crippen molar-refractivity contribution < 1.29 is 14.3 Å².